The zero-order valence-corrected chi connectivity index (χ0v) is 22.0. The summed E-state index contributed by atoms with van der Waals surface area (Å²) in [5.41, 5.74) is 1.82. The van der Waals surface area contributed by atoms with Gasteiger partial charge in [-0.3, -0.25) is 0 Å². The number of ether oxygens (including phenoxy) is 1. The molecule has 2 unspecified atom stereocenters. The third-order valence-corrected chi connectivity index (χ3v) is 8.04. The van der Waals surface area contributed by atoms with Gasteiger partial charge in [-0.15, -0.1) is 0 Å². The van der Waals surface area contributed by atoms with Gasteiger partial charge >= 0.3 is 0 Å². The third-order valence-electron chi connectivity index (χ3n) is 5.93. The number of methoxy groups -OCH3 is 1. The number of halogens is 3. The molecule has 0 amide bonds. The first-order valence-corrected chi connectivity index (χ1v) is 13.5. The van der Waals surface area contributed by atoms with Crippen molar-refractivity contribution in [2.45, 2.75) is 34.7 Å². The number of rotatable bonds is 6. The first-order valence-electron chi connectivity index (χ1n) is 10.9. The number of allylic oxidation sites excluding steroid dienone is 6. The van der Waals surface area contributed by atoms with Gasteiger partial charge in [-0.05, 0) is 54.5 Å². The van der Waals surface area contributed by atoms with Crippen molar-refractivity contribution in [3.8, 4) is 5.75 Å². The van der Waals surface area contributed by atoms with Crippen LogP contribution in [0.25, 0.3) is 0 Å². The third kappa shape index (κ3) is 5.49. The zero-order valence-electron chi connectivity index (χ0n) is 19.6. The highest BCUT2D eigenvalue weighted by Crippen LogP contribution is 2.39. The smallest absolute Gasteiger partial charge is 0.168 e. The Kier molecular flexibility index (Phi) is 8.14. The van der Waals surface area contributed by atoms with Crippen molar-refractivity contribution >= 4 is 34.3 Å². The maximum absolute atomic E-state index is 14.3. The standard InChI is InChI=1S/C26H24ClF2N3O2S2/c1-26(18-8-10-22(34-2)20(27)14-18)11-3-5-19(28)6-4-12-32-24(26)15-31-25(32)35-16-17-7-9-21(29)23(13-17)36(30)33/h3-11,13-15H,12,16,30H2,1-2H3/b6-4-,11-3+,19-5+. The summed E-state index contributed by atoms with van der Waals surface area (Å²) in [6, 6.07) is 9.94. The Morgan fingerprint density at radius 1 is 1.28 bits per heavy atom. The largest absolute Gasteiger partial charge is 0.495 e. The van der Waals surface area contributed by atoms with E-state index >= 15 is 0 Å². The molecule has 0 radical (unpaired) electrons. The molecule has 0 aliphatic carbocycles. The number of hydrogen-bond donors (Lipinski definition) is 1. The Hall–Kier alpha value is -2.72. The fourth-order valence-corrected chi connectivity index (χ4v) is 5.70. The first-order chi connectivity index (χ1) is 17.2. The molecule has 4 rings (SSSR count). The normalized spacial score (nSPS) is 21.7. The summed E-state index contributed by atoms with van der Waals surface area (Å²) in [6.07, 6.45) is 9.95. The summed E-state index contributed by atoms with van der Waals surface area (Å²) in [5.74, 6) is 0.0277. The molecule has 0 fully saturated rings. The molecule has 2 aromatic carbocycles. The van der Waals surface area contributed by atoms with E-state index in [9.17, 15) is 13.0 Å². The van der Waals surface area contributed by atoms with Gasteiger partial charge in [0.1, 0.15) is 28.4 Å². The Morgan fingerprint density at radius 3 is 2.81 bits per heavy atom. The van der Waals surface area contributed by atoms with E-state index in [2.05, 4.69) is 4.98 Å². The second kappa shape index (κ2) is 11.1. The van der Waals surface area contributed by atoms with Gasteiger partial charge in [0, 0.05) is 12.3 Å². The van der Waals surface area contributed by atoms with Crippen LogP contribution in [-0.2, 0) is 28.7 Å². The summed E-state index contributed by atoms with van der Waals surface area (Å²) in [5, 5.41) is 6.55. The lowest BCUT2D eigenvalue weighted by molar-refractivity contribution is 0.414. The summed E-state index contributed by atoms with van der Waals surface area (Å²) in [4.78, 5) is 4.62. The molecule has 0 saturated heterocycles. The van der Waals surface area contributed by atoms with E-state index in [1.165, 1.54) is 36.0 Å². The SMILES string of the molecule is COc1ccc(C2(C)/C=C/C=C(F)\C=C/Cn3c2cnc3SCc2ccc(F)c(S(N)=O)c2)cc1Cl. The molecule has 5 nitrogen and oxygen atoms in total. The Bertz CT molecular complexity index is 1400. The van der Waals surface area contributed by atoms with Crippen LogP contribution in [0.15, 0.2) is 88.9 Å². The van der Waals surface area contributed by atoms with Crippen LogP contribution in [-0.4, -0.2) is 20.9 Å². The molecule has 1 aromatic heterocycles. The lowest BCUT2D eigenvalue weighted by atomic mass is 9.79. The van der Waals surface area contributed by atoms with Crippen molar-refractivity contribution in [1.29, 1.82) is 0 Å². The van der Waals surface area contributed by atoms with Crippen LogP contribution in [0.5, 0.6) is 5.75 Å². The molecule has 1 aliphatic heterocycles. The quantitative estimate of drug-likeness (QED) is 0.371. The summed E-state index contributed by atoms with van der Waals surface area (Å²) >= 11 is 7.88. The molecule has 36 heavy (non-hydrogen) atoms. The van der Waals surface area contributed by atoms with Crippen LogP contribution < -0.4 is 9.88 Å². The lowest BCUT2D eigenvalue weighted by Gasteiger charge is -2.29. The van der Waals surface area contributed by atoms with Gasteiger partial charge in [-0.25, -0.2) is 23.1 Å². The molecular formula is C26H24ClF2N3O2S2. The van der Waals surface area contributed by atoms with Gasteiger partial charge in [-0.1, -0.05) is 53.7 Å². The number of nitrogens with two attached hydrogens (primary N) is 1. The fraction of sp³-hybridized carbons (Fsp3) is 0.192. The van der Waals surface area contributed by atoms with Crippen LogP contribution in [0, 0.1) is 5.82 Å². The van der Waals surface area contributed by atoms with Crippen molar-refractivity contribution in [2.24, 2.45) is 5.14 Å². The molecule has 2 heterocycles. The van der Waals surface area contributed by atoms with Gasteiger partial charge in [0.25, 0.3) is 0 Å². The van der Waals surface area contributed by atoms with Crippen molar-refractivity contribution in [3.63, 3.8) is 0 Å². The van der Waals surface area contributed by atoms with Gasteiger partial charge in [0.2, 0.25) is 0 Å². The summed E-state index contributed by atoms with van der Waals surface area (Å²) < 4.78 is 47.1. The van der Waals surface area contributed by atoms with Crippen LogP contribution >= 0.6 is 23.4 Å². The Labute approximate surface area is 220 Å². The number of nitrogens with zero attached hydrogens (tertiary/aromatic N) is 2. The van der Waals surface area contributed by atoms with Crippen LogP contribution in [0.1, 0.15) is 23.7 Å². The first kappa shape index (κ1) is 26.3. The summed E-state index contributed by atoms with van der Waals surface area (Å²) in [6.45, 7) is 2.40. The van der Waals surface area contributed by atoms with Crippen LogP contribution in [0.2, 0.25) is 5.02 Å². The van der Waals surface area contributed by atoms with Gasteiger partial charge in [-0.2, -0.15) is 0 Å². The maximum Gasteiger partial charge on any atom is 0.168 e. The molecule has 0 spiro atoms. The van der Waals surface area contributed by atoms with E-state index in [1.807, 2.05) is 29.7 Å². The zero-order chi connectivity index (χ0) is 25.9. The molecule has 188 valence electrons. The number of fused-ring (bicyclic) bond motifs is 1. The van der Waals surface area contributed by atoms with Gasteiger partial charge < -0.3 is 9.30 Å². The average molecular weight is 548 g/mol. The molecule has 2 atom stereocenters. The van der Waals surface area contributed by atoms with Gasteiger partial charge in [0.05, 0.1) is 34.3 Å². The fourth-order valence-electron chi connectivity index (χ4n) is 3.98. The number of imidazole rings is 1. The molecule has 10 heteroatoms. The molecule has 1 aliphatic rings. The predicted octanol–water partition coefficient (Wildman–Crippen LogP) is 6.24. The lowest BCUT2D eigenvalue weighted by Crippen LogP contribution is -2.25. The number of aromatic nitrogens is 2. The second-order valence-corrected chi connectivity index (χ2v) is 10.6. The second-order valence-electron chi connectivity index (χ2n) is 8.25. The van der Waals surface area contributed by atoms with Crippen molar-refractivity contribution in [3.05, 3.63) is 106 Å². The van der Waals surface area contributed by atoms with E-state index in [-0.39, 0.29) is 10.7 Å². The van der Waals surface area contributed by atoms with E-state index in [0.717, 1.165) is 16.8 Å². The molecule has 0 saturated carbocycles. The minimum atomic E-state index is -1.92. The van der Waals surface area contributed by atoms with Gasteiger partial charge in [0.15, 0.2) is 5.16 Å². The molecule has 0 bridgehead atoms. The minimum Gasteiger partial charge on any atom is -0.495 e. The maximum atomic E-state index is 14.3. The topological polar surface area (TPSA) is 70.1 Å². The van der Waals surface area contributed by atoms with Crippen molar-refractivity contribution in [2.75, 3.05) is 7.11 Å². The molecule has 3 aromatic rings. The highest BCUT2D eigenvalue weighted by atomic mass is 35.5. The van der Waals surface area contributed by atoms with Crippen LogP contribution in [0.4, 0.5) is 8.78 Å². The monoisotopic (exact) mass is 547 g/mol. The highest BCUT2D eigenvalue weighted by molar-refractivity contribution is 7.98. The van der Waals surface area contributed by atoms with Crippen LogP contribution in [0.3, 0.4) is 0 Å². The number of thioether (sulfide) groups is 1. The van der Waals surface area contributed by atoms with E-state index in [1.54, 1.807) is 37.6 Å². The van der Waals surface area contributed by atoms with E-state index in [0.29, 0.717) is 28.2 Å². The highest BCUT2D eigenvalue weighted by Gasteiger charge is 2.32. The number of benzene rings is 2. The number of hydrogen-bond acceptors (Lipinski definition) is 4. The molecular weight excluding hydrogens is 524 g/mol. The molecule has 2 N–H and O–H groups in total. The minimum absolute atomic E-state index is 0.0430. The Balaban J connectivity index is 1.75. The van der Waals surface area contributed by atoms with E-state index in [4.69, 9.17) is 21.5 Å². The predicted molar refractivity (Wildman–Crippen MR) is 141 cm³/mol. The average Bonchev–Trinajstić information content (AvgIpc) is 3.26. The Morgan fingerprint density at radius 2 is 2.08 bits per heavy atom. The van der Waals surface area contributed by atoms with Crippen molar-refractivity contribution in [1.82, 2.24) is 9.55 Å². The summed E-state index contributed by atoms with van der Waals surface area (Å²) in [7, 11) is -0.367. The van der Waals surface area contributed by atoms with E-state index < -0.39 is 22.2 Å². The van der Waals surface area contributed by atoms with Crippen molar-refractivity contribution < 1.29 is 17.7 Å².